The number of aromatic nitrogens is 1. The Morgan fingerprint density at radius 3 is 2.70 bits per heavy atom. The minimum absolute atomic E-state index is 0.216. The molecule has 0 saturated heterocycles. The van der Waals surface area contributed by atoms with Crippen molar-refractivity contribution < 1.29 is 13.6 Å². The number of benzene rings is 1. The zero-order chi connectivity index (χ0) is 16.1. The van der Waals surface area contributed by atoms with Crippen molar-refractivity contribution in [1.29, 1.82) is 0 Å². The average Bonchev–Trinajstić information content (AvgIpc) is 3.10. The van der Waals surface area contributed by atoms with Crippen molar-refractivity contribution in [3.05, 3.63) is 78.1 Å². The Bertz CT molecular complexity index is 786. The van der Waals surface area contributed by atoms with E-state index in [-0.39, 0.29) is 17.5 Å². The second-order valence-electron chi connectivity index (χ2n) is 4.81. The van der Waals surface area contributed by atoms with Gasteiger partial charge in [0, 0.05) is 12.1 Å². The van der Waals surface area contributed by atoms with Gasteiger partial charge >= 0.3 is 0 Å². The highest BCUT2D eigenvalue weighted by molar-refractivity contribution is 6.01. The molecular weight excluding hydrogens is 297 g/mol. The Labute approximate surface area is 132 Å². The zero-order valence-electron chi connectivity index (χ0n) is 12.1. The molecule has 0 aliphatic rings. The molecule has 1 aromatic carbocycles. The molecule has 1 amide bonds. The summed E-state index contributed by atoms with van der Waals surface area (Å²) in [5.41, 5.74) is 1.30. The van der Waals surface area contributed by atoms with Crippen LogP contribution in [0.4, 0.5) is 15.9 Å². The summed E-state index contributed by atoms with van der Waals surface area (Å²) in [6.45, 7) is 0.354. The Balaban J connectivity index is 1.59. The van der Waals surface area contributed by atoms with Crippen LogP contribution in [-0.2, 0) is 6.54 Å². The Kier molecular flexibility index (Phi) is 4.33. The van der Waals surface area contributed by atoms with E-state index in [1.54, 1.807) is 48.7 Å². The molecule has 2 N–H and O–H groups in total. The Hall–Kier alpha value is -3.15. The van der Waals surface area contributed by atoms with Crippen molar-refractivity contribution >= 4 is 17.4 Å². The van der Waals surface area contributed by atoms with Crippen molar-refractivity contribution in [1.82, 2.24) is 4.98 Å². The van der Waals surface area contributed by atoms with Crippen LogP contribution in [0.1, 0.15) is 16.1 Å². The quantitative estimate of drug-likeness (QED) is 0.754. The highest BCUT2D eigenvalue weighted by atomic mass is 19.1. The molecule has 23 heavy (non-hydrogen) atoms. The van der Waals surface area contributed by atoms with Crippen LogP contribution in [0, 0.1) is 5.82 Å². The SMILES string of the molecule is O=C(Nc1ccc(NCc2ccccc2F)cn1)c1ccco1. The van der Waals surface area contributed by atoms with Gasteiger partial charge < -0.3 is 15.1 Å². The van der Waals surface area contributed by atoms with Gasteiger partial charge in [-0.05, 0) is 30.3 Å². The van der Waals surface area contributed by atoms with Gasteiger partial charge in [0.2, 0.25) is 0 Å². The number of rotatable bonds is 5. The molecule has 0 aliphatic heterocycles. The summed E-state index contributed by atoms with van der Waals surface area (Å²) < 4.78 is 18.5. The first-order valence-corrected chi connectivity index (χ1v) is 7.00. The van der Waals surface area contributed by atoms with Gasteiger partial charge in [-0.15, -0.1) is 0 Å². The predicted octanol–water partition coefficient (Wildman–Crippen LogP) is 3.68. The molecule has 6 heteroatoms. The van der Waals surface area contributed by atoms with Crippen molar-refractivity contribution in [3.8, 4) is 0 Å². The van der Waals surface area contributed by atoms with E-state index < -0.39 is 0 Å². The summed E-state index contributed by atoms with van der Waals surface area (Å²) in [5.74, 6) is 0.00116. The lowest BCUT2D eigenvalue weighted by atomic mass is 10.2. The van der Waals surface area contributed by atoms with E-state index in [0.717, 1.165) is 5.69 Å². The molecule has 2 aromatic heterocycles. The standard InChI is InChI=1S/C17H14FN3O2/c18-14-5-2-1-4-12(14)10-19-13-7-8-16(20-11-13)21-17(22)15-6-3-9-23-15/h1-9,11,19H,10H2,(H,20,21,22). The fourth-order valence-electron chi connectivity index (χ4n) is 2.00. The number of nitrogens with zero attached hydrogens (tertiary/aromatic N) is 1. The normalized spacial score (nSPS) is 10.3. The number of pyridine rings is 1. The molecule has 5 nitrogen and oxygen atoms in total. The first-order valence-electron chi connectivity index (χ1n) is 7.00. The van der Waals surface area contributed by atoms with E-state index in [1.807, 2.05) is 0 Å². The van der Waals surface area contributed by atoms with Gasteiger partial charge in [-0.2, -0.15) is 0 Å². The summed E-state index contributed by atoms with van der Waals surface area (Å²) in [4.78, 5) is 15.9. The molecule has 0 saturated carbocycles. The van der Waals surface area contributed by atoms with Crippen LogP contribution < -0.4 is 10.6 Å². The summed E-state index contributed by atoms with van der Waals surface area (Å²) in [6.07, 6.45) is 3.00. The molecule has 2 heterocycles. The van der Waals surface area contributed by atoms with Gasteiger partial charge in [-0.25, -0.2) is 9.37 Å². The Morgan fingerprint density at radius 2 is 2.00 bits per heavy atom. The van der Waals surface area contributed by atoms with Crippen LogP contribution >= 0.6 is 0 Å². The molecule has 116 valence electrons. The monoisotopic (exact) mass is 311 g/mol. The number of hydrogen-bond acceptors (Lipinski definition) is 4. The number of amides is 1. The second kappa shape index (κ2) is 6.74. The molecule has 0 spiro atoms. The van der Waals surface area contributed by atoms with E-state index in [0.29, 0.717) is 17.9 Å². The third-order valence-corrected chi connectivity index (χ3v) is 3.19. The number of carbonyl (C=O) groups is 1. The Morgan fingerprint density at radius 1 is 1.13 bits per heavy atom. The topological polar surface area (TPSA) is 67.2 Å². The maximum absolute atomic E-state index is 13.5. The van der Waals surface area contributed by atoms with Crippen LogP contribution in [-0.4, -0.2) is 10.9 Å². The fourth-order valence-corrected chi connectivity index (χ4v) is 2.00. The third kappa shape index (κ3) is 3.74. The van der Waals surface area contributed by atoms with E-state index in [2.05, 4.69) is 15.6 Å². The molecule has 0 radical (unpaired) electrons. The smallest absolute Gasteiger partial charge is 0.292 e. The van der Waals surface area contributed by atoms with Crippen LogP contribution in [0.2, 0.25) is 0 Å². The number of nitrogens with one attached hydrogen (secondary N) is 2. The van der Waals surface area contributed by atoms with Gasteiger partial charge in [-0.1, -0.05) is 18.2 Å². The molecule has 0 aliphatic carbocycles. The summed E-state index contributed by atoms with van der Waals surface area (Å²) >= 11 is 0. The average molecular weight is 311 g/mol. The van der Waals surface area contributed by atoms with Gasteiger partial charge in [0.1, 0.15) is 11.6 Å². The first kappa shape index (κ1) is 14.8. The van der Waals surface area contributed by atoms with Crippen molar-refractivity contribution in [2.45, 2.75) is 6.54 Å². The highest BCUT2D eigenvalue weighted by Crippen LogP contribution is 2.14. The third-order valence-electron chi connectivity index (χ3n) is 3.19. The van der Waals surface area contributed by atoms with Crippen molar-refractivity contribution in [2.24, 2.45) is 0 Å². The molecular formula is C17H14FN3O2. The van der Waals surface area contributed by atoms with E-state index in [4.69, 9.17) is 4.42 Å². The van der Waals surface area contributed by atoms with Gasteiger partial charge in [0.05, 0.1) is 18.1 Å². The summed E-state index contributed by atoms with van der Waals surface area (Å²) in [6, 6.07) is 13.2. The van der Waals surface area contributed by atoms with E-state index in [9.17, 15) is 9.18 Å². The molecule has 0 atom stereocenters. The van der Waals surface area contributed by atoms with Crippen LogP contribution in [0.5, 0.6) is 0 Å². The molecule has 0 unspecified atom stereocenters. The minimum atomic E-state index is -0.366. The number of furan rings is 1. The highest BCUT2D eigenvalue weighted by Gasteiger charge is 2.09. The number of carbonyl (C=O) groups excluding carboxylic acids is 1. The lowest BCUT2D eigenvalue weighted by Crippen LogP contribution is -2.12. The number of anilines is 2. The first-order chi connectivity index (χ1) is 11.2. The van der Waals surface area contributed by atoms with Crippen LogP contribution in [0.25, 0.3) is 0 Å². The zero-order valence-corrected chi connectivity index (χ0v) is 12.1. The molecule has 0 fully saturated rings. The maximum Gasteiger partial charge on any atom is 0.292 e. The van der Waals surface area contributed by atoms with Gasteiger partial charge in [0.25, 0.3) is 5.91 Å². The van der Waals surface area contributed by atoms with E-state index >= 15 is 0 Å². The van der Waals surface area contributed by atoms with Crippen molar-refractivity contribution in [3.63, 3.8) is 0 Å². The van der Waals surface area contributed by atoms with Crippen molar-refractivity contribution in [2.75, 3.05) is 10.6 Å². The molecule has 3 aromatic rings. The molecule has 3 rings (SSSR count). The van der Waals surface area contributed by atoms with Crippen LogP contribution in [0.15, 0.2) is 65.4 Å². The summed E-state index contributed by atoms with van der Waals surface area (Å²) in [7, 11) is 0. The number of hydrogen-bond donors (Lipinski definition) is 2. The largest absolute Gasteiger partial charge is 0.459 e. The number of halogens is 1. The summed E-state index contributed by atoms with van der Waals surface area (Å²) in [5, 5.41) is 5.70. The van der Waals surface area contributed by atoms with Gasteiger partial charge in [-0.3, -0.25) is 4.79 Å². The lowest BCUT2D eigenvalue weighted by Gasteiger charge is -2.08. The predicted molar refractivity (Wildman–Crippen MR) is 84.6 cm³/mol. The minimum Gasteiger partial charge on any atom is -0.459 e. The fraction of sp³-hybridized carbons (Fsp3) is 0.0588. The molecule has 0 bridgehead atoms. The van der Waals surface area contributed by atoms with Gasteiger partial charge in [0.15, 0.2) is 5.76 Å². The lowest BCUT2D eigenvalue weighted by molar-refractivity contribution is 0.0996. The van der Waals surface area contributed by atoms with E-state index in [1.165, 1.54) is 12.3 Å². The second-order valence-corrected chi connectivity index (χ2v) is 4.81. The van der Waals surface area contributed by atoms with Crippen LogP contribution in [0.3, 0.4) is 0 Å². The maximum atomic E-state index is 13.5.